The van der Waals surface area contributed by atoms with Crippen LogP contribution in [-0.2, 0) is 0 Å². The average molecular weight is 227 g/mol. The Morgan fingerprint density at radius 2 is 2.00 bits per heavy atom. The van der Waals surface area contributed by atoms with Crippen molar-refractivity contribution in [3.63, 3.8) is 0 Å². The van der Waals surface area contributed by atoms with Gasteiger partial charge in [0.2, 0.25) is 0 Å². The molecule has 0 bridgehead atoms. The fraction of sp³-hybridized carbons (Fsp3) is 1.00. The van der Waals surface area contributed by atoms with Crippen LogP contribution in [0.3, 0.4) is 0 Å². The fourth-order valence-corrected chi connectivity index (χ4v) is 2.42. The molecule has 0 amide bonds. The van der Waals surface area contributed by atoms with Crippen LogP contribution in [0.15, 0.2) is 0 Å². The first-order valence-corrected chi connectivity index (χ1v) is 4.84. The number of hydrogen-bond donors (Lipinski definition) is 1. The molecule has 2 unspecified atom stereocenters. The maximum absolute atomic E-state index is 3.43. The lowest BCUT2D eigenvalue weighted by Crippen LogP contribution is -2.38. The van der Waals surface area contributed by atoms with E-state index in [1.165, 1.54) is 38.9 Å². The zero-order valence-corrected chi connectivity index (χ0v) is 9.79. The molecule has 0 aromatic heterocycles. The van der Waals surface area contributed by atoms with Gasteiger partial charge in [-0.25, -0.2) is 0 Å². The van der Waals surface area contributed by atoms with Gasteiger partial charge in [-0.15, -0.1) is 24.8 Å². The van der Waals surface area contributed by atoms with E-state index in [1.54, 1.807) is 0 Å². The Kier molecular flexibility index (Phi) is 6.31. The van der Waals surface area contributed by atoms with E-state index in [9.17, 15) is 0 Å². The molecule has 80 valence electrons. The highest BCUT2D eigenvalue weighted by atomic mass is 35.5. The van der Waals surface area contributed by atoms with Crippen LogP contribution in [0, 0.1) is 0 Å². The summed E-state index contributed by atoms with van der Waals surface area (Å²) in [6, 6.07) is 1.70. The van der Waals surface area contributed by atoms with E-state index >= 15 is 0 Å². The van der Waals surface area contributed by atoms with Gasteiger partial charge in [0.15, 0.2) is 0 Å². The highest BCUT2D eigenvalue weighted by Gasteiger charge is 2.29. The molecule has 2 aliphatic heterocycles. The van der Waals surface area contributed by atoms with Gasteiger partial charge in [0, 0.05) is 18.6 Å². The summed E-state index contributed by atoms with van der Waals surface area (Å²) in [5.74, 6) is 0. The third-order valence-corrected chi connectivity index (χ3v) is 3.11. The molecule has 0 aliphatic carbocycles. The monoisotopic (exact) mass is 226 g/mol. The molecule has 2 rings (SSSR count). The summed E-state index contributed by atoms with van der Waals surface area (Å²) >= 11 is 0. The Balaban J connectivity index is 0.000000720. The van der Waals surface area contributed by atoms with E-state index in [2.05, 4.69) is 17.1 Å². The van der Waals surface area contributed by atoms with Gasteiger partial charge < -0.3 is 5.32 Å². The number of likely N-dealkylation sites (tertiary alicyclic amines) is 1. The lowest BCUT2D eigenvalue weighted by Gasteiger charge is -2.27. The summed E-state index contributed by atoms with van der Waals surface area (Å²) < 4.78 is 0. The Hall–Kier alpha value is 0.500. The topological polar surface area (TPSA) is 15.3 Å². The summed E-state index contributed by atoms with van der Waals surface area (Å²) in [5, 5.41) is 3.43. The third kappa shape index (κ3) is 2.98. The summed E-state index contributed by atoms with van der Waals surface area (Å²) in [6.45, 7) is 6.16. The lowest BCUT2D eigenvalue weighted by atomic mass is 10.2. The van der Waals surface area contributed by atoms with Gasteiger partial charge in [0.05, 0.1) is 0 Å². The van der Waals surface area contributed by atoms with E-state index in [0.29, 0.717) is 0 Å². The smallest absolute Gasteiger partial charge is 0.0235 e. The van der Waals surface area contributed by atoms with Crippen LogP contribution in [0.2, 0.25) is 0 Å². The van der Waals surface area contributed by atoms with E-state index in [4.69, 9.17) is 0 Å². The first-order chi connectivity index (χ1) is 5.38. The number of nitrogens with one attached hydrogen (secondary N) is 1. The van der Waals surface area contributed by atoms with Crippen molar-refractivity contribution in [1.29, 1.82) is 0 Å². The Morgan fingerprint density at radius 1 is 1.23 bits per heavy atom. The highest BCUT2D eigenvalue weighted by molar-refractivity contribution is 5.85. The molecule has 2 saturated heterocycles. The molecule has 2 fully saturated rings. The first-order valence-electron chi connectivity index (χ1n) is 4.84. The molecule has 1 N–H and O–H groups in total. The molecule has 2 aliphatic rings. The van der Waals surface area contributed by atoms with Gasteiger partial charge in [-0.05, 0) is 39.3 Å². The highest BCUT2D eigenvalue weighted by Crippen LogP contribution is 2.21. The van der Waals surface area contributed by atoms with Crippen molar-refractivity contribution < 1.29 is 0 Å². The van der Waals surface area contributed by atoms with Crippen LogP contribution < -0.4 is 5.32 Å². The molecular formula is C9H20Cl2N2. The van der Waals surface area contributed by atoms with Gasteiger partial charge in [-0.2, -0.15) is 0 Å². The zero-order valence-electron chi connectivity index (χ0n) is 8.16. The average Bonchev–Trinajstić information content (AvgIpc) is 2.55. The maximum atomic E-state index is 3.43. The standard InChI is InChI=1S/C9H18N2.2ClH/c1-8-3-2-6-11(8)9-4-5-10-7-9;;/h8-10H,2-7H2,1H3;2*1H. The second kappa shape index (κ2) is 6.07. The molecular weight excluding hydrogens is 207 g/mol. The molecule has 2 atom stereocenters. The molecule has 4 heteroatoms. The normalized spacial score (nSPS) is 33.9. The second-order valence-electron chi connectivity index (χ2n) is 3.88. The lowest BCUT2D eigenvalue weighted by molar-refractivity contribution is 0.202. The zero-order chi connectivity index (χ0) is 7.68. The third-order valence-electron chi connectivity index (χ3n) is 3.11. The predicted molar refractivity (Wildman–Crippen MR) is 61.2 cm³/mol. The quantitative estimate of drug-likeness (QED) is 0.733. The second-order valence-corrected chi connectivity index (χ2v) is 3.88. The van der Waals surface area contributed by atoms with Crippen molar-refractivity contribution in [3.8, 4) is 0 Å². The minimum Gasteiger partial charge on any atom is -0.315 e. The van der Waals surface area contributed by atoms with Crippen molar-refractivity contribution in [3.05, 3.63) is 0 Å². The van der Waals surface area contributed by atoms with Gasteiger partial charge in [-0.3, -0.25) is 4.90 Å². The Morgan fingerprint density at radius 3 is 2.46 bits per heavy atom. The maximum Gasteiger partial charge on any atom is 0.0235 e. The van der Waals surface area contributed by atoms with Crippen molar-refractivity contribution in [2.75, 3.05) is 19.6 Å². The predicted octanol–water partition coefficient (Wildman–Crippen LogP) is 1.68. The Bertz CT molecular complexity index is 138. The molecule has 0 saturated carbocycles. The van der Waals surface area contributed by atoms with E-state index in [1.807, 2.05) is 0 Å². The number of nitrogens with zero attached hydrogens (tertiary/aromatic N) is 1. The number of halogens is 2. The van der Waals surface area contributed by atoms with E-state index < -0.39 is 0 Å². The van der Waals surface area contributed by atoms with Crippen molar-refractivity contribution in [2.24, 2.45) is 0 Å². The molecule has 13 heavy (non-hydrogen) atoms. The van der Waals surface area contributed by atoms with Gasteiger partial charge in [0.25, 0.3) is 0 Å². The van der Waals surface area contributed by atoms with E-state index in [-0.39, 0.29) is 24.8 Å². The molecule has 0 aromatic carbocycles. The number of hydrogen-bond acceptors (Lipinski definition) is 2. The summed E-state index contributed by atoms with van der Waals surface area (Å²) in [6.07, 6.45) is 4.19. The first kappa shape index (κ1) is 13.5. The summed E-state index contributed by atoms with van der Waals surface area (Å²) in [7, 11) is 0. The van der Waals surface area contributed by atoms with Crippen molar-refractivity contribution in [2.45, 2.75) is 38.3 Å². The minimum absolute atomic E-state index is 0. The van der Waals surface area contributed by atoms with E-state index in [0.717, 1.165) is 12.1 Å². The molecule has 0 aromatic rings. The van der Waals surface area contributed by atoms with Crippen LogP contribution >= 0.6 is 24.8 Å². The SMILES string of the molecule is CC1CCCN1C1CCNC1.Cl.Cl. The van der Waals surface area contributed by atoms with Gasteiger partial charge in [-0.1, -0.05) is 0 Å². The molecule has 0 spiro atoms. The summed E-state index contributed by atoms with van der Waals surface area (Å²) in [5.41, 5.74) is 0. The molecule has 2 nitrogen and oxygen atoms in total. The molecule has 0 radical (unpaired) electrons. The fourth-order valence-electron chi connectivity index (χ4n) is 2.42. The largest absolute Gasteiger partial charge is 0.315 e. The number of rotatable bonds is 1. The van der Waals surface area contributed by atoms with Crippen LogP contribution in [0.1, 0.15) is 26.2 Å². The van der Waals surface area contributed by atoms with Crippen molar-refractivity contribution >= 4 is 24.8 Å². The Labute approximate surface area is 93.3 Å². The van der Waals surface area contributed by atoms with Gasteiger partial charge >= 0.3 is 0 Å². The van der Waals surface area contributed by atoms with Crippen LogP contribution in [0.4, 0.5) is 0 Å². The van der Waals surface area contributed by atoms with Crippen molar-refractivity contribution in [1.82, 2.24) is 10.2 Å². The van der Waals surface area contributed by atoms with Crippen LogP contribution in [0.5, 0.6) is 0 Å². The summed E-state index contributed by atoms with van der Waals surface area (Å²) in [4.78, 5) is 2.68. The van der Waals surface area contributed by atoms with Crippen LogP contribution in [-0.4, -0.2) is 36.6 Å². The van der Waals surface area contributed by atoms with Gasteiger partial charge in [0.1, 0.15) is 0 Å². The minimum atomic E-state index is 0. The van der Waals surface area contributed by atoms with Crippen LogP contribution in [0.25, 0.3) is 0 Å². The molecule has 2 heterocycles.